The third-order valence-electron chi connectivity index (χ3n) is 4.71. The maximum atomic E-state index is 9.69. The molecule has 0 radical (unpaired) electrons. The molecule has 1 aromatic carbocycles. The van der Waals surface area contributed by atoms with E-state index in [1.807, 2.05) is 23.7 Å². The zero-order valence-electron chi connectivity index (χ0n) is 14.9. The molecule has 26 heavy (non-hydrogen) atoms. The molecule has 138 valence electrons. The van der Waals surface area contributed by atoms with Gasteiger partial charge in [-0.3, -0.25) is 0 Å². The van der Waals surface area contributed by atoms with Crippen LogP contribution < -0.4 is 4.90 Å². The number of aryl methyl sites for hydroxylation is 1. The SMILES string of the molecule is Cc1nc(C2CCN(c3nc4ccc(Cl)cc4o3)CC2)n(CC(C)O)n1. The maximum Gasteiger partial charge on any atom is 0.298 e. The second kappa shape index (κ2) is 6.89. The van der Waals surface area contributed by atoms with Crippen LogP contribution in [0.2, 0.25) is 5.02 Å². The molecule has 1 aliphatic heterocycles. The van der Waals surface area contributed by atoms with Gasteiger partial charge < -0.3 is 14.4 Å². The first-order valence-corrected chi connectivity index (χ1v) is 9.28. The predicted octanol–water partition coefficient (Wildman–Crippen LogP) is 3.15. The summed E-state index contributed by atoms with van der Waals surface area (Å²) in [5, 5.41) is 14.8. The quantitative estimate of drug-likeness (QED) is 0.754. The highest BCUT2D eigenvalue weighted by molar-refractivity contribution is 6.31. The fraction of sp³-hybridized carbons (Fsp3) is 0.500. The van der Waals surface area contributed by atoms with Crippen molar-refractivity contribution >= 4 is 28.7 Å². The number of nitrogens with zero attached hydrogens (tertiary/aromatic N) is 5. The van der Waals surface area contributed by atoms with Gasteiger partial charge in [0.1, 0.15) is 17.2 Å². The smallest absolute Gasteiger partial charge is 0.298 e. The van der Waals surface area contributed by atoms with Crippen molar-refractivity contribution in [3.8, 4) is 0 Å². The van der Waals surface area contributed by atoms with Crippen molar-refractivity contribution in [2.75, 3.05) is 18.0 Å². The van der Waals surface area contributed by atoms with Crippen LogP contribution >= 0.6 is 11.6 Å². The van der Waals surface area contributed by atoms with E-state index in [-0.39, 0.29) is 0 Å². The highest BCUT2D eigenvalue weighted by Gasteiger charge is 2.27. The van der Waals surface area contributed by atoms with Crippen LogP contribution in [0, 0.1) is 6.92 Å². The third-order valence-corrected chi connectivity index (χ3v) is 4.95. The summed E-state index contributed by atoms with van der Waals surface area (Å²) < 4.78 is 7.72. The van der Waals surface area contributed by atoms with E-state index >= 15 is 0 Å². The van der Waals surface area contributed by atoms with Crippen molar-refractivity contribution in [1.29, 1.82) is 0 Å². The molecule has 7 nitrogen and oxygen atoms in total. The molecule has 1 saturated heterocycles. The second-order valence-corrected chi connectivity index (χ2v) is 7.35. The Bertz CT molecular complexity index is 912. The van der Waals surface area contributed by atoms with Crippen molar-refractivity contribution in [2.24, 2.45) is 0 Å². The Balaban J connectivity index is 1.48. The third kappa shape index (κ3) is 3.41. The normalized spacial score (nSPS) is 17.2. The molecule has 1 aliphatic rings. The molecule has 0 bridgehead atoms. The van der Waals surface area contributed by atoms with Gasteiger partial charge in [0.2, 0.25) is 0 Å². The molecule has 4 rings (SSSR count). The Kier molecular flexibility index (Phi) is 4.58. The fourth-order valence-corrected chi connectivity index (χ4v) is 3.67. The lowest BCUT2D eigenvalue weighted by molar-refractivity contribution is 0.165. The van der Waals surface area contributed by atoms with Gasteiger partial charge in [0, 0.05) is 30.1 Å². The van der Waals surface area contributed by atoms with Crippen LogP contribution in [0.25, 0.3) is 11.1 Å². The van der Waals surface area contributed by atoms with E-state index in [9.17, 15) is 5.11 Å². The minimum Gasteiger partial charge on any atom is -0.423 e. The lowest BCUT2D eigenvalue weighted by atomic mass is 9.96. The zero-order chi connectivity index (χ0) is 18.3. The van der Waals surface area contributed by atoms with Gasteiger partial charge in [-0.05, 0) is 38.8 Å². The average molecular weight is 376 g/mol. The number of piperidine rings is 1. The van der Waals surface area contributed by atoms with E-state index in [1.54, 1.807) is 13.0 Å². The summed E-state index contributed by atoms with van der Waals surface area (Å²) in [5.74, 6) is 2.04. The zero-order valence-corrected chi connectivity index (χ0v) is 15.6. The number of anilines is 1. The van der Waals surface area contributed by atoms with Gasteiger partial charge in [0.05, 0.1) is 12.6 Å². The van der Waals surface area contributed by atoms with Crippen LogP contribution in [0.4, 0.5) is 6.01 Å². The summed E-state index contributed by atoms with van der Waals surface area (Å²) in [5.41, 5.74) is 1.53. The number of aliphatic hydroxyl groups is 1. The lowest BCUT2D eigenvalue weighted by Crippen LogP contribution is -2.34. The van der Waals surface area contributed by atoms with Crippen molar-refractivity contribution < 1.29 is 9.52 Å². The Morgan fingerprint density at radius 1 is 1.31 bits per heavy atom. The molecular weight excluding hydrogens is 354 g/mol. The standard InChI is InChI=1S/C18H22ClN5O2/c1-11(25)10-24-17(20-12(2)22-24)13-5-7-23(8-6-13)18-21-15-4-3-14(19)9-16(15)26-18/h3-4,9,11,13,25H,5-8,10H2,1-2H3. The molecule has 3 aromatic rings. The maximum absolute atomic E-state index is 9.69. The summed E-state index contributed by atoms with van der Waals surface area (Å²) in [4.78, 5) is 11.3. The van der Waals surface area contributed by atoms with Crippen LogP contribution in [0.15, 0.2) is 22.6 Å². The molecule has 1 unspecified atom stereocenters. The summed E-state index contributed by atoms with van der Waals surface area (Å²) in [7, 11) is 0. The topological polar surface area (TPSA) is 80.2 Å². The van der Waals surface area contributed by atoms with Gasteiger partial charge in [-0.25, -0.2) is 9.67 Å². The molecule has 0 spiro atoms. The summed E-state index contributed by atoms with van der Waals surface area (Å²) in [6.45, 7) is 5.81. The number of fused-ring (bicyclic) bond motifs is 1. The Morgan fingerprint density at radius 3 is 2.81 bits per heavy atom. The largest absolute Gasteiger partial charge is 0.423 e. The minimum atomic E-state index is -0.443. The van der Waals surface area contributed by atoms with Crippen LogP contribution in [0.5, 0.6) is 0 Å². The van der Waals surface area contributed by atoms with Gasteiger partial charge in [0.25, 0.3) is 6.01 Å². The molecule has 0 amide bonds. The first-order valence-electron chi connectivity index (χ1n) is 8.90. The molecule has 1 N–H and O–H groups in total. The van der Waals surface area contributed by atoms with Gasteiger partial charge >= 0.3 is 0 Å². The minimum absolute atomic E-state index is 0.324. The molecule has 0 aliphatic carbocycles. The number of benzene rings is 1. The van der Waals surface area contributed by atoms with Crippen LogP contribution in [0.3, 0.4) is 0 Å². The number of halogens is 1. The first kappa shape index (κ1) is 17.3. The second-order valence-electron chi connectivity index (χ2n) is 6.92. The number of oxazole rings is 1. The molecule has 2 aromatic heterocycles. The highest BCUT2D eigenvalue weighted by atomic mass is 35.5. The van der Waals surface area contributed by atoms with E-state index < -0.39 is 6.10 Å². The Hall–Kier alpha value is -2.12. The summed E-state index contributed by atoms with van der Waals surface area (Å²) >= 11 is 6.02. The van der Waals surface area contributed by atoms with E-state index in [2.05, 4.69) is 20.0 Å². The Morgan fingerprint density at radius 2 is 2.08 bits per heavy atom. The summed E-state index contributed by atoms with van der Waals surface area (Å²) in [6, 6.07) is 6.13. The van der Waals surface area contributed by atoms with Crippen LogP contribution in [0.1, 0.15) is 37.3 Å². The number of hydrogen-bond donors (Lipinski definition) is 1. The van der Waals surface area contributed by atoms with E-state index in [4.69, 9.17) is 16.0 Å². The lowest BCUT2D eigenvalue weighted by Gasteiger charge is -2.30. The average Bonchev–Trinajstić information content (AvgIpc) is 3.17. The Labute approximate surface area is 156 Å². The number of hydrogen-bond acceptors (Lipinski definition) is 6. The van der Waals surface area contributed by atoms with Crippen molar-refractivity contribution in [2.45, 2.75) is 45.3 Å². The van der Waals surface area contributed by atoms with Crippen molar-refractivity contribution in [3.05, 3.63) is 34.9 Å². The van der Waals surface area contributed by atoms with E-state index in [1.165, 1.54) is 0 Å². The van der Waals surface area contributed by atoms with Crippen LogP contribution in [-0.4, -0.2) is 44.0 Å². The van der Waals surface area contributed by atoms with Crippen LogP contribution in [-0.2, 0) is 6.54 Å². The molecular formula is C18H22ClN5O2. The van der Waals surface area contributed by atoms with Gasteiger partial charge in [-0.1, -0.05) is 11.6 Å². The predicted molar refractivity (Wildman–Crippen MR) is 99.6 cm³/mol. The van der Waals surface area contributed by atoms with Gasteiger partial charge in [0.15, 0.2) is 5.58 Å². The van der Waals surface area contributed by atoms with E-state index in [0.717, 1.165) is 43.1 Å². The molecule has 8 heteroatoms. The number of aliphatic hydroxyl groups excluding tert-OH is 1. The number of rotatable bonds is 4. The van der Waals surface area contributed by atoms with Gasteiger partial charge in [-0.2, -0.15) is 10.1 Å². The molecule has 1 fully saturated rings. The van der Waals surface area contributed by atoms with Gasteiger partial charge in [-0.15, -0.1) is 0 Å². The number of aromatic nitrogens is 4. The van der Waals surface area contributed by atoms with E-state index in [0.29, 0.717) is 29.1 Å². The van der Waals surface area contributed by atoms with Crippen molar-refractivity contribution in [1.82, 2.24) is 19.7 Å². The summed E-state index contributed by atoms with van der Waals surface area (Å²) in [6.07, 6.45) is 1.44. The molecule has 3 heterocycles. The van der Waals surface area contributed by atoms with Crippen molar-refractivity contribution in [3.63, 3.8) is 0 Å². The molecule has 0 saturated carbocycles. The monoisotopic (exact) mass is 375 g/mol. The first-order chi connectivity index (χ1) is 12.5. The molecule has 1 atom stereocenters. The highest BCUT2D eigenvalue weighted by Crippen LogP contribution is 2.31. The fourth-order valence-electron chi connectivity index (χ4n) is 3.51.